The lowest BCUT2D eigenvalue weighted by atomic mass is 10.2. The van der Waals surface area contributed by atoms with Crippen molar-refractivity contribution in [1.82, 2.24) is 14.8 Å². The molecule has 0 fully saturated rings. The molecule has 31 heavy (non-hydrogen) atoms. The van der Waals surface area contributed by atoms with Crippen LogP contribution >= 0.6 is 11.8 Å². The molecule has 0 saturated heterocycles. The smallest absolute Gasteiger partial charge is 0.237 e. The van der Waals surface area contributed by atoms with E-state index in [1.54, 1.807) is 13.4 Å². The number of para-hydroxylation sites is 1. The Morgan fingerprint density at radius 3 is 2.71 bits per heavy atom. The van der Waals surface area contributed by atoms with E-state index < -0.39 is 0 Å². The monoisotopic (exact) mass is 432 g/mol. The molecule has 0 atom stereocenters. The third-order valence-electron chi connectivity index (χ3n) is 5.22. The SMILES string of the molecule is COc1ccc(-n2c(SCC(=O)N3CCc4ccccc43)nnc2-c2ccco2)cc1. The molecule has 2 aromatic carbocycles. The molecular weight excluding hydrogens is 412 g/mol. The fraction of sp³-hybridized carbons (Fsp3) is 0.174. The molecule has 1 aliphatic rings. The van der Waals surface area contributed by atoms with E-state index >= 15 is 0 Å². The fourth-order valence-electron chi connectivity index (χ4n) is 3.69. The Kier molecular flexibility index (Phi) is 5.21. The van der Waals surface area contributed by atoms with E-state index in [1.807, 2.05) is 64.1 Å². The lowest BCUT2D eigenvalue weighted by molar-refractivity contribution is -0.116. The second kappa shape index (κ2) is 8.31. The molecule has 0 spiro atoms. The third-order valence-corrected chi connectivity index (χ3v) is 6.13. The number of furan rings is 1. The summed E-state index contributed by atoms with van der Waals surface area (Å²) in [4.78, 5) is 14.8. The summed E-state index contributed by atoms with van der Waals surface area (Å²) in [6.45, 7) is 0.710. The van der Waals surface area contributed by atoms with Crippen LogP contribution in [0, 0.1) is 0 Å². The third kappa shape index (κ3) is 3.70. The quantitative estimate of drug-likeness (QED) is 0.425. The molecule has 4 aromatic rings. The highest BCUT2D eigenvalue weighted by Gasteiger charge is 2.25. The van der Waals surface area contributed by atoms with Gasteiger partial charge in [0.25, 0.3) is 0 Å². The highest BCUT2D eigenvalue weighted by molar-refractivity contribution is 7.99. The first-order valence-corrected chi connectivity index (χ1v) is 10.9. The number of benzene rings is 2. The van der Waals surface area contributed by atoms with Gasteiger partial charge in [0.2, 0.25) is 11.7 Å². The molecule has 0 N–H and O–H groups in total. The van der Waals surface area contributed by atoms with Crippen LogP contribution in [0.15, 0.2) is 76.5 Å². The zero-order valence-electron chi connectivity index (χ0n) is 16.9. The second-order valence-electron chi connectivity index (χ2n) is 7.03. The van der Waals surface area contributed by atoms with Crippen molar-refractivity contribution in [2.45, 2.75) is 11.6 Å². The number of ether oxygens (including phenoxy) is 1. The van der Waals surface area contributed by atoms with Gasteiger partial charge < -0.3 is 14.1 Å². The van der Waals surface area contributed by atoms with E-state index in [2.05, 4.69) is 16.3 Å². The minimum atomic E-state index is 0.0544. The van der Waals surface area contributed by atoms with E-state index in [0.29, 0.717) is 23.3 Å². The van der Waals surface area contributed by atoms with Crippen molar-refractivity contribution in [2.75, 3.05) is 24.3 Å². The van der Waals surface area contributed by atoms with Crippen molar-refractivity contribution in [1.29, 1.82) is 0 Å². The fourth-order valence-corrected chi connectivity index (χ4v) is 4.52. The van der Waals surface area contributed by atoms with E-state index in [4.69, 9.17) is 9.15 Å². The van der Waals surface area contributed by atoms with E-state index in [9.17, 15) is 4.79 Å². The summed E-state index contributed by atoms with van der Waals surface area (Å²) in [7, 11) is 1.63. The van der Waals surface area contributed by atoms with Crippen molar-refractivity contribution in [3.8, 4) is 23.0 Å². The Labute approximate surface area is 183 Å². The number of aromatic nitrogens is 3. The van der Waals surface area contributed by atoms with Gasteiger partial charge in [-0.15, -0.1) is 10.2 Å². The summed E-state index contributed by atoms with van der Waals surface area (Å²) in [5, 5.41) is 9.30. The minimum absolute atomic E-state index is 0.0544. The number of anilines is 1. The van der Waals surface area contributed by atoms with Gasteiger partial charge in [0.05, 0.1) is 24.8 Å². The largest absolute Gasteiger partial charge is 0.497 e. The van der Waals surface area contributed by atoms with Crippen LogP contribution in [0.4, 0.5) is 5.69 Å². The van der Waals surface area contributed by atoms with Crippen molar-refractivity contribution in [3.63, 3.8) is 0 Å². The molecule has 2 aromatic heterocycles. The lowest BCUT2D eigenvalue weighted by Gasteiger charge is -2.17. The van der Waals surface area contributed by atoms with Gasteiger partial charge in [-0.1, -0.05) is 30.0 Å². The van der Waals surface area contributed by atoms with Gasteiger partial charge in [-0.3, -0.25) is 9.36 Å². The molecule has 0 bridgehead atoms. The molecule has 7 nitrogen and oxygen atoms in total. The summed E-state index contributed by atoms with van der Waals surface area (Å²) >= 11 is 1.36. The van der Waals surface area contributed by atoms with Crippen LogP contribution in [-0.2, 0) is 11.2 Å². The molecule has 0 unspecified atom stereocenters. The van der Waals surface area contributed by atoms with Crippen LogP contribution in [0.1, 0.15) is 5.56 Å². The average molecular weight is 433 g/mol. The summed E-state index contributed by atoms with van der Waals surface area (Å²) < 4.78 is 12.7. The number of carbonyl (C=O) groups excluding carboxylic acids is 1. The maximum absolute atomic E-state index is 13.0. The van der Waals surface area contributed by atoms with Gasteiger partial charge in [0, 0.05) is 12.2 Å². The summed E-state index contributed by atoms with van der Waals surface area (Å²) in [5.74, 6) is 2.26. The average Bonchev–Trinajstić information content (AvgIpc) is 3.56. The first-order valence-electron chi connectivity index (χ1n) is 9.89. The predicted molar refractivity (Wildman–Crippen MR) is 119 cm³/mol. The van der Waals surface area contributed by atoms with Gasteiger partial charge in [-0.05, 0) is 54.4 Å². The first kappa shape index (κ1) is 19.4. The van der Waals surface area contributed by atoms with E-state index in [0.717, 1.165) is 23.5 Å². The predicted octanol–water partition coefficient (Wildman–Crippen LogP) is 4.22. The Hall–Kier alpha value is -3.52. The Balaban J connectivity index is 1.42. The zero-order chi connectivity index (χ0) is 21.2. The summed E-state index contributed by atoms with van der Waals surface area (Å²) in [5.41, 5.74) is 3.07. The number of carbonyl (C=O) groups is 1. The number of hydrogen-bond acceptors (Lipinski definition) is 6. The van der Waals surface area contributed by atoms with Crippen LogP contribution in [0.5, 0.6) is 5.75 Å². The Bertz CT molecular complexity index is 1200. The topological polar surface area (TPSA) is 73.4 Å². The second-order valence-corrected chi connectivity index (χ2v) is 7.97. The van der Waals surface area contributed by atoms with Gasteiger partial charge in [0.1, 0.15) is 5.75 Å². The lowest BCUT2D eigenvalue weighted by Crippen LogP contribution is -2.30. The number of rotatable bonds is 6. The van der Waals surface area contributed by atoms with Gasteiger partial charge in [-0.2, -0.15) is 0 Å². The summed E-state index contributed by atoms with van der Waals surface area (Å²) in [6, 6.07) is 19.3. The van der Waals surface area contributed by atoms with Gasteiger partial charge in [-0.25, -0.2) is 0 Å². The van der Waals surface area contributed by atoms with Crippen molar-refractivity contribution < 1.29 is 13.9 Å². The van der Waals surface area contributed by atoms with Crippen LogP contribution in [0.3, 0.4) is 0 Å². The van der Waals surface area contributed by atoms with E-state index in [1.165, 1.54) is 17.3 Å². The molecule has 8 heteroatoms. The maximum atomic E-state index is 13.0. The Morgan fingerprint density at radius 2 is 1.94 bits per heavy atom. The minimum Gasteiger partial charge on any atom is -0.497 e. The molecule has 1 aliphatic heterocycles. The Morgan fingerprint density at radius 1 is 1.10 bits per heavy atom. The summed E-state index contributed by atoms with van der Waals surface area (Å²) in [6.07, 6.45) is 2.49. The number of fused-ring (bicyclic) bond motifs is 1. The molecule has 5 rings (SSSR count). The molecule has 156 valence electrons. The standard InChI is InChI=1S/C23H20N4O3S/c1-29-18-10-8-17(9-11-18)27-22(20-7-4-14-30-20)24-25-23(27)31-15-21(28)26-13-12-16-5-2-3-6-19(16)26/h2-11,14H,12-13,15H2,1H3. The normalized spacial score (nSPS) is 12.7. The van der Waals surface area contributed by atoms with Crippen molar-refractivity contribution in [2.24, 2.45) is 0 Å². The molecule has 0 saturated carbocycles. The number of methoxy groups -OCH3 is 1. The molecule has 1 amide bonds. The molecule has 3 heterocycles. The van der Waals surface area contributed by atoms with Crippen LogP contribution < -0.4 is 9.64 Å². The van der Waals surface area contributed by atoms with Gasteiger partial charge in [0.15, 0.2) is 10.9 Å². The number of thioether (sulfide) groups is 1. The number of hydrogen-bond donors (Lipinski definition) is 0. The van der Waals surface area contributed by atoms with Crippen molar-refractivity contribution >= 4 is 23.4 Å². The maximum Gasteiger partial charge on any atom is 0.237 e. The highest BCUT2D eigenvalue weighted by atomic mass is 32.2. The van der Waals surface area contributed by atoms with Crippen molar-refractivity contribution in [3.05, 3.63) is 72.5 Å². The van der Waals surface area contributed by atoms with Crippen LogP contribution in [0.2, 0.25) is 0 Å². The zero-order valence-corrected chi connectivity index (χ0v) is 17.7. The first-order chi connectivity index (χ1) is 15.2. The van der Waals surface area contributed by atoms with E-state index in [-0.39, 0.29) is 11.7 Å². The molecule has 0 radical (unpaired) electrons. The molecule has 0 aliphatic carbocycles. The number of amides is 1. The molecular formula is C23H20N4O3S. The van der Waals surface area contributed by atoms with Crippen LogP contribution in [-0.4, -0.2) is 40.1 Å². The highest BCUT2D eigenvalue weighted by Crippen LogP contribution is 2.31. The van der Waals surface area contributed by atoms with Gasteiger partial charge >= 0.3 is 0 Å². The van der Waals surface area contributed by atoms with Crippen LogP contribution in [0.25, 0.3) is 17.3 Å². The number of nitrogens with zero attached hydrogens (tertiary/aromatic N) is 4.